The molecule has 7 heteroatoms. The molecule has 0 saturated carbocycles. The van der Waals surface area contributed by atoms with E-state index in [1.165, 1.54) is 12.1 Å². The number of primary amides is 1. The Morgan fingerprint density at radius 3 is 2.56 bits per heavy atom. The van der Waals surface area contributed by atoms with E-state index in [1.807, 2.05) is 13.8 Å². The van der Waals surface area contributed by atoms with Gasteiger partial charge in [0.05, 0.1) is 23.7 Å². The fourth-order valence-corrected chi connectivity index (χ4v) is 3.25. The molecule has 1 saturated heterocycles. The van der Waals surface area contributed by atoms with E-state index in [0.29, 0.717) is 19.5 Å². The van der Waals surface area contributed by atoms with Gasteiger partial charge in [0.25, 0.3) is 0 Å². The zero-order chi connectivity index (χ0) is 18.1. The SMILES string of the molecule is Cc1nn(-c2ccc(F)cc2)c(C)c1CC(=O)N1CC[C@H](C(N)=O)C1. The number of hydrogen-bond acceptors (Lipinski definition) is 3. The minimum absolute atomic E-state index is 0.0337. The van der Waals surface area contributed by atoms with Gasteiger partial charge in [-0.1, -0.05) is 0 Å². The number of aryl methyl sites for hydroxylation is 1. The van der Waals surface area contributed by atoms with E-state index < -0.39 is 0 Å². The molecule has 25 heavy (non-hydrogen) atoms. The lowest BCUT2D eigenvalue weighted by atomic mass is 10.1. The van der Waals surface area contributed by atoms with Crippen molar-refractivity contribution in [3.05, 3.63) is 47.0 Å². The van der Waals surface area contributed by atoms with Gasteiger partial charge in [-0.05, 0) is 44.5 Å². The first kappa shape index (κ1) is 17.1. The molecule has 132 valence electrons. The summed E-state index contributed by atoms with van der Waals surface area (Å²) in [6, 6.07) is 6.06. The average Bonchev–Trinajstić information content (AvgIpc) is 3.17. The largest absolute Gasteiger partial charge is 0.369 e. The van der Waals surface area contributed by atoms with Crippen molar-refractivity contribution in [1.82, 2.24) is 14.7 Å². The predicted octanol–water partition coefficient (Wildman–Crippen LogP) is 1.50. The van der Waals surface area contributed by atoms with E-state index in [2.05, 4.69) is 5.10 Å². The van der Waals surface area contributed by atoms with Gasteiger partial charge in [0.15, 0.2) is 0 Å². The molecule has 0 radical (unpaired) electrons. The summed E-state index contributed by atoms with van der Waals surface area (Å²) >= 11 is 0. The van der Waals surface area contributed by atoms with Crippen LogP contribution in [0.2, 0.25) is 0 Å². The summed E-state index contributed by atoms with van der Waals surface area (Å²) in [6.45, 7) is 4.68. The summed E-state index contributed by atoms with van der Waals surface area (Å²) < 4.78 is 14.8. The van der Waals surface area contributed by atoms with E-state index in [1.54, 1.807) is 21.7 Å². The Balaban J connectivity index is 1.78. The maximum absolute atomic E-state index is 13.1. The van der Waals surface area contributed by atoms with Crippen molar-refractivity contribution in [1.29, 1.82) is 0 Å². The summed E-state index contributed by atoms with van der Waals surface area (Å²) in [5, 5.41) is 4.48. The second kappa shape index (κ2) is 6.66. The van der Waals surface area contributed by atoms with E-state index in [9.17, 15) is 14.0 Å². The van der Waals surface area contributed by atoms with Crippen molar-refractivity contribution >= 4 is 11.8 Å². The minimum atomic E-state index is -0.355. The Hall–Kier alpha value is -2.70. The zero-order valence-electron chi connectivity index (χ0n) is 14.3. The van der Waals surface area contributed by atoms with Gasteiger partial charge in [-0.2, -0.15) is 5.10 Å². The van der Waals surface area contributed by atoms with Gasteiger partial charge >= 0.3 is 0 Å². The van der Waals surface area contributed by atoms with E-state index in [0.717, 1.165) is 22.6 Å². The van der Waals surface area contributed by atoms with Gasteiger partial charge in [-0.15, -0.1) is 0 Å². The van der Waals surface area contributed by atoms with Crippen LogP contribution in [-0.2, 0) is 16.0 Å². The summed E-state index contributed by atoms with van der Waals surface area (Å²) in [6.07, 6.45) is 0.845. The fraction of sp³-hybridized carbons (Fsp3) is 0.389. The molecule has 2 heterocycles. The molecule has 1 fully saturated rings. The molecular weight excluding hydrogens is 323 g/mol. The predicted molar refractivity (Wildman–Crippen MR) is 90.6 cm³/mol. The lowest BCUT2D eigenvalue weighted by molar-refractivity contribution is -0.129. The number of carbonyl (C=O) groups excluding carboxylic acids is 2. The molecule has 0 unspecified atom stereocenters. The van der Waals surface area contributed by atoms with Crippen LogP contribution in [0.3, 0.4) is 0 Å². The molecule has 2 aromatic rings. The van der Waals surface area contributed by atoms with E-state index in [4.69, 9.17) is 5.73 Å². The number of nitrogens with two attached hydrogens (primary N) is 1. The van der Waals surface area contributed by atoms with Crippen molar-refractivity contribution in [2.75, 3.05) is 13.1 Å². The molecule has 2 N–H and O–H groups in total. The molecule has 2 amide bonds. The molecule has 1 atom stereocenters. The number of amides is 2. The Bertz CT molecular complexity index is 813. The summed E-state index contributed by atoms with van der Waals surface area (Å²) in [7, 11) is 0. The van der Waals surface area contributed by atoms with Crippen LogP contribution in [0.25, 0.3) is 5.69 Å². The molecule has 1 aliphatic heterocycles. The van der Waals surface area contributed by atoms with Crippen molar-refractivity contribution in [3.63, 3.8) is 0 Å². The molecule has 6 nitrogen and oxygen atoms in total. The Morgan fingerprint density at radius 2 is 1.96 bits per heavy atom. The smallest absolute Gasteiger partial charge is 0.227 e. The highest BCUT2D eigenvalue weighted by atomic mass is 19.1. The van der Waals surface area contributed by atoms with Crippen molar-refractivity contribution in [3.8, 4) is 5.69 Å². The number of nitrogens with zero attached hydrogens (tertiary/aromatic N) is 3. The lowest BCUT2D eigenvalue weighted by Gasteiger charge is -2.16. The van der Waals surface area contributed by atoms with Crippen LogP contribution in [0.15, 0.2) is 24.3 Å². The average molecular weight is 344 g/mol. The van der Waals surface area contributed by atoms with Gasteiger partial charge in [-0.3, -0.25) is 9.59 Å². The van der Waals surface area contributed by atoms with Gasteiger partial charge in [-0.25, -0.2) is 9.07 Å². The number of carbonyl (C=O) groups is 2. The monoisotopic (exact) mass is 344 g/mol. The third kappa shape index (κ3) is 3.40. The summed E-state index contributed by atoms with van der Waals surface area (Å²) in [5.74, 6) is -0.952. The molecule has 1 aromatic heterocycles. The van der Waals surface area contributed by atoms with Crippen molar-refractivity contribution in [2.24, 2.45) is 11.7 Å². The first-order chi connectivity index (χ1) is 11.9. The quantitative estimate of drug-likeness (QED) is 0.913. The number of benzene rings is 1. The van der Waals surface area contributed by atoms with Gasteiger partial charge in [0.2, 0.25) is 11.8 Å². The highest BCUT2D eigenvalue weighted by molar-refractivity contribution is 5.82. The van der Waals surface area contributed by atoms with Crippen molar-refractivity contribution < 1.29 is 14.0 Å². The Morgan fingerprint density at radius 1 is 1.28 bits per heavy atom. The maximum Gasteiger partial charge on any atom is 0.227 e. The lowest BCUT2D eigenvalue weighted by Crippen LogP contribution is -2.32. The third-order valence-corrected chi connectivity index (χ3v) is 4.78. The van der Waals surface area contributed by atoms with Crippen LogP contribution in [0.1, 0.15) is 23.4 Å². The number of likely N-dealkylation sites (tertiary alicyclic amines) is 1. The van der Waals surface area contributed by atoms with Crippen LogP contribution in [0.4, 0.5) is 4.39 Å². The van der Waals surface area contributed by atoms with E-state index >= 15 is 0 Å². The number of halogens is 1. The van der Waals surface area contributed by atoms with Gasteiger partial charge < -0.3 is 10.6 Å². The van der Waals surface area contributed by atoms with Crippen LogP contribution < -0.4 is 5.73 Å². The van der Waals surface area contributed by atoms with Gasteiger partial charge in [0, 0.05) is 24.3 Å². The first-order valence-corrected chi connectivity index (χ1v) is 8.25. The highest BCUT2D eigenvalue weighted by Gasteiger charge is 2.30. The van der Waals surface area contributed by atoms with Crippen molar-refractivity contribution in [2.45, 2.75) is 26.7 Å². The van der Waals surface area contributed by atoms with E-state index in [-0.39, 0.29) is 30.0 Å². The molecule has 1 aliphatic rings. The zero-order valence-corrected chi connectivity index (χ0v) is 14.3. The normalized spacial score (nSPS) is 17.1. The molecule has 0 aliphatic carbocycles. The molecular formula is C18H21FN4O2. The third-order valence-electron chi connectivity index (χ3n) is 4.78. The topological polar surface area (TPSA) is 81.2 Å². The Labute approximate surface area is 145 Å². The summed E-state index contributed by atoms with van der Waals surface area (Å²) in [4.78, 5) is 25.5. The van der Waals surface area contributed by atoms with Crippen LogP contribution in [0.5, 0.6) is 0 Å². The molecule has 0 bridgehead atoms. The van der Waals surface area contributed by atoms with Gasteiger partial charge in [0.1, 0.15) is 5.82 Å². The second-order valence-corrected chi connectivity index (χ2v) is 6.44. The number of aromatic nitrogens is 2. The molecule has 0 spiro atoms. The number of rotatable bonds is 4. The first-order valence-electron chi connectivity index (χ1n) is 8.25. The van der Waals surface area contributed by atoms with Crippen LogP contribution in [-0.4, -0.2) is 39.6 Å². The number of hydrogen-bond donors (Lipinski definition) is 1. The molecule has 3 rings (SSSR count). The molecule has 1 aromatic carbocycles. The maximum atomic E-state index is 13.1. The summed E-state index contributed by atoms with van der Waals surface area (Å²) in [5.41, 5.74) is 8.54. The standard InChI is InChI=1S/C18H21FN4O2/c1-11-16(9-17(24)22-8-7-13(10-22)18(20)25)12(2)23(21-11)15-5-3-14(19)4-6-15/h3-6,13H,7-10H2,1-2H3,(H2,20,25)/t13-/m0/s1. The highest BCUT2D eigenvalue weighted by Crippen LogP contribution is 2.21. The van der Waals surface area contributed by atoms with Crippen LogP contribution in [0, 0.1) is 25.6 Å². The fourth-order valence-electron chi connectivity index (χ4n) is 3.25. The minimum Gasteiger partial charge on any atom is -0.369 e. The Kier molecular flexibility index (Phi) is 4.57. The second-order valence-electron chi connectivity index (χ2n) is 6.44. The van der Waals surface area contributed by atoms with Crippen LogP contribution >= 0.6 is 0 Å².